The summed E-state index contributed by atoms with van der Waals surface area (Å²) in [5.74, 6) is -1.03. The van der Waals surface area contributed by atoms with Crippen molar-refractivity contribution in [3.05, 3.63) is 52.0 Å². The van der Waals surface area contributed by atoms with E-state index in [9.17, 15) is 9.59 Å². The van der Waals surface area contributed by atoms with Crippen LogP contribution in [0.4, 0.5) is 11.4 Å². The number of nitrogens with one attached hydrogen (secondary N) is 1. The topological polar surface area (TPSA) is 94.3 Å². The summed E-state index contributed by atoms with van der Waals surface area (Å²) >= 11 is 1.18. The Hall–Kier alpha value is -2.93. The molecule has 3 aromatic rings. The Morgan fingerprint density at radius 1 is 1.19 bits per heavy atom. The SMILES string of the molecule is Cc1cc(C)c2c(N)c(C(=O)O[C@@H](C)C(=O)Nc3ccccc3C)sc2n1. The number of hydrogen-bond donors (Lipinski definition) is 2. The second kappa shape index (κ2) is 7.36. The monoisotopic (exact) mass is 383 g/mol. The van der Waals surface area contributed by atoms with Gasteiger partial charge in [0.15, 0.2) is 6.10 Å². The van der Waals surface area contributed by atoms with E-state index in [2.05, 4.69) is 10.3 Å². The number of anilines is 2. The molecule has 3 rings (SSSR count). The van der Waals surface area contributed by atoms with Gasteiger partial charge in [-0.3, -0.25) is 4.79 Å². The fourth-order valence-corrected chi connectivity index (χ4v) is 3.94. The maximum atomic E-state index is 12.6. The van der Waals surface area contributed by atoms with E-state index in [-0.39, 0.29) is 4.88 Å². The van der Waals surface area contributed by atoms with Crippen molar-refractivity contribution in [3.63, 3.8) is 0 Å². The number of pyridine rings is 1. The fraction of sp³-hybridized carbons (Fsp3) is 0.250. The average molecular weight is 383 g/mol. The molecule has 0 aliphatic carbocycles. The van der Waals surface area contributed by atoms with Crippen LogP contribution in [-0.2, 0) is 9.53 Å². The molecule has 27 heavy (non-hydrogen) atoms. The molecule has 1 atom stereocenters. The van der Waals surface area contributed by atoms with Gasteiger partial charge in [-0.2, -0.15) is 0 Å². The van der Waals surface area contributed by atoms with Crippen LogP contribution in [0.5, 0.6) is 0 Å². The minimum atomic E-state index is -0.961. The van der Waals surface area contributed by atoms with Crippen LogP contribution >= 0.6 is 11.3 Å². The summed E-state index contributed by atoms with van der Waals surface area (Å²) in [5.41, 5.74) is 9.92. The first kappa shape index (κ1) is 18.8. The number of nitrogens with two attached hydrogens (primary N) is 1. The average Bonchev–Trinajstić information content (AvgIpc) is 2.93. The third-order valence-electron chi connectivity index (χ3n) is 4.27. The van der Waals surface area contributed by atoms with Crippen molar-refractivity contribution >= 4 is 44.8 Å². The molecule has 0 saturated carbocycles. The molecule has 0 bridgehead atoms. The van der Waals surface area contributed by atoms with Crippen LogP contribution in [0.25, 0.3) is 10.2 Å². The van der Waals surface area contributed by atoms with Gasteiger partial charge < -0.3 is 15.8 Å². The van der Waals surface area contributed by atoms with Crippen molar-refractivity contribution in [2.45, 2.75) is 33.8 Å². The van der Waals surface area contributed by atoms with Gasteiger partial charge in [0.05, 0.1) is 5.69 Å². The van der Waals surface area contributed by atoms with Gasteiger partial charge in [-0.1, -0.05) is 18.2 Å². The van der Waals surface area contributed by atoms with Crippen molar-refractivity contribution < 1.29 is 14.3 Å². The van der Waals surface area contributed by atoms with Crippen molar-refractivity contribution in [3.8, 4) is 0 Å². The Morgan fingerprint density at radius 2 is 1.89 bits per heavy atom. The number of esters is 1. The minimum absolute atomic E-state index is 0.266. The summed E-state index contributed by atoms with van der Waals surface area (Å²) in [7, 11) is 0. The van der Waals surface area contributed by atoms with E-state index in [1.165, 1.54) is 18.3 Å². The Bertz CT molecular complexity index is 1040. The molecule has 0 aliphatic rings. The first-order valence-electron chi connectivity index (χ1n) is 8.51. The third-order valence-corrected chi connectivity index (χ3v) is 5.35. The highest BCUT2D eigenvalue weighted by molar-refractivity contribution is 7.21. The number of nitrogens with zero attached hydrogens (tertiary/aromatic N) is 1. The number of benzene rings is 1. The van der Waals surface area contributed by atoms with Crippen LogP contribution in [-0.4, -0.2) is 23.0 Å². The number of fused-ring (bicyclic) bond motifs is 1. The number of carbonyl (C=O) groups is 2. The highest BCUT2D eigenvalue weighted by Gasteiger charge is 2.24. The Morgan fingerprint density at radius 3 is 2.59 bits per heavy atom. The van der Waals surface area contributed by atoms with Gasteiger partial charge in [-0.05, 0) is 51.0 Å². The van der Waals surface area contributed by atoms with E-state index in [1.807, 2.05) is 45.0 Å². The lowest BCUT2D eigenvalue weighted by molar-refractivity contribution is -0.123. The van der Waals surface area contributed by atoms with E-state index >= 15 is 0 Å². The highest BCUT2D eigenvalue weighted by atomic mass is 32.1. The predicted molar refractivity (Wildman–Crippen MR) is 108 cm³/mol. The predicted octanol–water partition coefficient (Wildman–Crippen LogP) is 3.99. The van der Waals surface area contributed by atoms with E-state index in [0.717, 1.165) is 22.2 Å². The molecule has 2 heterocycles. The number of hydrogen-bond acceptors (Lipinski definition) is 6. The van der Waals surface area contributed by atoms with Gasteiger partial charge in [0, 0.05) is 16.8 Å². The molecule has 0 spiro atoms. The number of rotatable bonds is 4. The number of thiophene rings is 1. The summed E-state index contributed by atoms with van der Waals surface area (Å²) in [5, 5.41) is 3.53. The lowest BCUT2D eigenvalue weighted by Gasteiger charge is -2.14. The molecular weight excluding hydrogens is 362 g/mol. The Balaban J connectivity index is 1.78. The Labute approximate surface area is 161 Å². The number of ether oxygens (including phenoxy) is 1. The van der Waals surface area contributed by atoms with Gasteiger partial charge in [0.1, 0.15) is 9.71 Å². The van der Waals surface area contributed by atoms with Crippen molar-refractivity contribution in [1.29, 1.82) is 0 Å². The molecule has 0 fully saturated rings. The van der Waals surface area contributed by atoms with Crippen LogP contribution in [0.15, 0.2) is 30.3 Å². The number of carbonyl (C=O) groups excluding carboxylic acids is 2. The van der Waals surface area contributed by atoms with Crippen LogP contribution in [0.2, 0.25) is 0 Å². The molecule has 0 radical (unpaired) electrons. The molecule has 0 unspecified atom stereocenters. The molecule has 0 aliphatic heterocycles. The highest BCUT2D eigenvalue weighted by Crippen LogP contribution is 2.35. The van der Waals surface area contributed by atoms with Crippen LogP contribution in [0.3, 0.4) is 0 Å². The summed E-state index contributed by atoms with van der Waals surface area (Å²) in [6.45, 7) is 7.23. The molecule has 6 nitrogen and oxygen atoms in total. The van der Waals surface area contributed by atoms with Gasteiger partial charge in [-0.25, -0.2) is 9.78 Å². The summed E-state index contributed by atoms with van der Waals surface area (Å²) < 4.78 is 5.34. The molecule has 140 valence electrons. The number of aromatic nitrogens is 1. The Kier molecular flexibility index (Phi) is 5.14. The quantitative estimate of drug-likeness (QED) is 0.665. The van der Waals surface area contributed by atoms with Gasteiger partial charge in [-0.15, -0.1) is 11.3 Å². The van der Waals surface area contributed by atoms with Crippen molar-refractivity contribution in [1.82, 2.24) is 4.98 Å². The standard InChI is InChI=1S/C20H21N3O3S/c1-10-7-5-6-8-14(10)23-18(24)13(4)26-20(25)17-16(21)15-11(2)9-12(3)22-19(15)27-17/h5-9,13H,21H2,1-4H3,(H,23,24)/t13-/m0/s1. The summed E-state index contributed by atoms with van der Waals surface area (Å²) in [6, 6.07) is 9.31. The van der Waals surface area contributed by atoms with E-state index in [0.29, 0.717) is 16.2 Å². The molecule has 1 aromatic carbocycles. The van der Waals surface area contributed by atoms with Crippen molar-refractivity contribution in [2.24, 2.45) is 0 Å². The summed E-state index contributed by atoms with van der Waals surface area (Å²) in [6.07, 6.45) is -0.961. The maximum Gasteiger partial charge on any atom is 0.351 e. The van der Waals surface area contributed by atoms with E-state index in [4.69, 9.17) is 10.5 Å². The lowest BCUT2D eigenvalue weighted by Crippen LogP contribution is -2.30. The third kappa shape index (κ3) is 3.78. The largest absolute Gasteiger partial charge is 0.448 e. The zero-order valence-corrected chi connectivity index (χ0v) is 16.4. The molecule has 7 heteroatoms. The first-order chi connectivity index (χ1) is 12.8. The fourth-order valence-electron chi connectivity index (χ4n) is 2.84. The number of amides is 1. The molecule has 3 N–H and O–H groups in total. The minimum Gasteiger partial charge on any atom is -0.448 e. The number of aryl methyl sites for hydroxylation is 3. The number of nitrogen functional groups attached to an aromatic ring is 1. The molecule has 0 saturated heterocycles. The summed E-state index contributed by atoms with van der Waals surface area (Å²) in [4.78, 5) is 30.3. The zero-order chi connectivity index (χ0) is 19.7. The number of para-hydroxylation sites is 1. The van der Waals surface area contributed by atoms with Crippen molar-refractivity contribution in [2.75, 3.05) is 11.1 Å². The van der Waals surface area contributed by atoms with Gasteiger partial charge in [0.25, 0.3) is 5.91 Å². The van der Waals surface area contributed by atoms with Gasteiger partial charge in [0.2, 0.25) is 0 Å². The molecule has 2 aromatic heterocycles. The second-order valence-corrected chi connectivity index (χ2v) is 7.46. The smallest absolute Gasteiger partial charge is 0.351 e. The molecular formula is C20H21N3O3S. The zero-order valence-electron chi connectivity index (χ0n) is 15.6. The van der Waals surface area contributed by atoms with Crippen LogP contribution < -0.4 is 11.1 Å². The van der Waals surface area contributed by atoms with Crippen LogP contribution in [0.1, 0.15) is 33.4 Å². The maximum absolute atomic E-state index is 12.6. The van der Waals surface area contributed by atoms with E-state index in [1.54, 1.807) is 6.07 Å². The van der Waals surface area contributed by atoms with Crippen LogP contribution in [0, 0.1) is 20.8 Å². The first-order valence-corrected chi connectivity index (χ1v) is 9.33. The van der Waals surface area contributed by atoms with Gasteiger partial charge >= 0.3 is 5.97 Å². The molecule has 1 amide bonds. The normalized spacial score (nSPS) is 12.0. The second-order valence-electron chi connectivity index (χ2n) is 6.46. The lowest BCUT2D eigenvalue weighted by atomic mass is 10.1. The van der Waals surface area contributed by atoms with E-state index < -0.39 is 18.0 Å².